The highest BCUT2D eigenvalue weighted by Crippen LogP contribution is 2.26. The van der Waals surface area contributed by atoms with E-state index in [1.807, 2.05) is 0 Å². The summed E-state index contributed by atoms with van der Waals surface area (Å²) in [5.74, 6) is 0.482. The number of urea groups is 1. The topological polar surface area (TPSA) is 65.0 Å². The number of nitrogens with one attached hydrogen (secondary N) is 1. The quantitative estimate of drug-likeness (QED) is 0.866. The van der Waals surface area contributed by atoms with Crippen LogP contribution in [0.15, 0.2) is 36.4 Å². The molecule has 6 nitrogen and oxygen atoms in total. The molecule has 0 saturated carbocycles. The molecule has 0 aliphatic carbocycles. The largest absolute Gasteiger partial charge is 0.504 e. The van der Waals surface area contributed by atoms with Crippen molar-refractivity contribution in [3.63, 3.8) is 0 Å². The number of amides is 2. The van der Waals surface area contributed by atoms with E-state index in [1.165, 1.54) is 18.2 Å². The molecule has 0 saturated heterocycles. The van der Waals surface area contributed by atoms with Crippen LogP contribution in [0.25, 0.3) is 0 Å². The molecule has 0 bridgehead atoms. The minimum absolute atomic E-state index is 0.0851. The number of carbonyl (C=O) groups is 1. The number of ether oxygens (including phenoxy) is 1. The standard InChI is InChI=1S/C20H25N3O3/c1-22-12-16-6-4-15(8-17(16)13-22)11-23(2)20(25)21-10-14-5-7-18(24)19(9-14)26-3/h4-9,24H,10-13H2,1-3H3,(H,21,25). The molecule has 2 amide bonds. The zero-order valence-electron chi connectivity index (χ0n) is 15.5. The van der Waals surface area contributed by atoms with Gasteiger partial charge < -0.3 is 20.1 Å². The van der Waals surface area contributed by atoms with E-state index < -0.39 is 0 Å². The first-order valence-electron chi connectivity index (χ1n) is 8.60. The van der Waals surface area contributed by atoms with Crippen LogP contribution in [-0.2, 0) is 26.2 Å². The maximum atomic E-state index is 12.4. The normalized spacial score (nSPS) is 13.3. The Kier molecular flexibility index (Phi) is 5.32. The lowest BCUT2D eigenvalue weighted by molar-refractivity contribution is 0.206. The lowest BCUT2D eigenvalue weighted by atomic mass is 10.1. The number of benzene rings is 2. The fourth-order valence-electron chi connectivity index (χ4n) is 3.21. The maximum absolute atomic E-state index is 12.4. The molecule has 0 atom stereocenters. The summed E-state index contributed by atoms with van der Waals surface area (Å²) in [6.07, 6.45) is 0. The molecule has 2 aromatic carbocycles. The summed E-state index contributed by atoms with van der Waals surface area (Å²) in [6, 6.07) is 11.3. The molecule has 0 spiro atoms. The minimum Gasteiger partial charge on any atom is -0.504 e. The lowest BCUT2D eigenvalue weighted by Gasteiger charge is -2.19. The Bertz CT molecular complexity index is 807. The number of methoxy groups -OCH3 is 1. The SMILES string of the molecule is COc1cc(CNC(=O)N(C)Cc2ccc3c(c2)CN(C)C3)ccc1O. The predicted octanol–water partition coefficient (Wildman–Crippen LogP) is 2.69. The highest BCUT2D eigenvalue weighted by atomic mass is 16.5. The third-order valence-corrected chi connectivity index (χ3v) is 4.61. The van der Waals surface area contributed by atoms with Gasteiger partial charge in [-0.2, -0.15) is 0 Å². The van der Waals surface area contributed by atoms with Crippen molar-refractivity contribution in [1.29, 1.82) is 0 Å². The summed E-state index contributed by atoms with van der Waals surface area (Å²) in [5.41, 5.74) is 4.70. The number of aromatic hydroxyl groups is 1. The van der Waals surface area contributed by atoms with Gasteiger partial charge in [0.2, 0.25) is 0 Å². The second-order valence-electron chi connectivity index (χ2n) is 6.80. The van der Waals surface area contributed by atoms with Crippen molar-refractivity contribution in [3.05, 3.63) is 58.7 Å². The zero-order valence-corrected chi connectivity index (χ0v) is 15.5. The van der Waals surface area contributed by atoms with Gasteiger partial charge in [-0.3, -0.25) is 4.90 Å². The summed E-state index contributed by atoms with van der Waals surface area (Å²) >= 11 is 0. The van der Waals surface area contributed by atoms with Gasteiger partial charge >= 0.3 is 6.03 Å². The molecule has 2 N–H and O–H groups in total. The third-order valence-electron chi connectivity index (χ3n) is 4.61. The molecule has 2 aromatic rings. The van der Waals surface area contributed by atoms with Crippen LogP contribution in [-0.4, -0.2) is 42.1 Å². The molecule has 1 heterocycles. The summed E-state index contributed by atoms with van der Waals surface area (Å²) in [4.78, 5) is 16.3. The molecular weight excluding hydrogens is 330 g/mol. The molecule has 1 aliphatic rings. The molecule has 138 valence electrons. The molecule has 1 aliphatic heterocycles. The maximum Gasteiger partial charge on any atom is 0.317 e. The summed E-state index contributed by atoms with van der Waals surface area (Å²) in [7, 11) is 5.39. The van der Waals surface area contributed by atoms with Gasteiger partial charge in [0, 0.05) is 33.2 Å². The van der Waals surface area contributed by atoms with E-state index in [0.29, 0.717) is 18.8 Å². The van der Waals surface area contributed by atoms with Crippen LogP contribution in [0, 0.1) is 0 Å². The second-order valence-corrected chi connectivity index (χ2v) is 6.80. The van der Waals surface area contributed by atoms with Gasteiger partial charge in [0.05, 0.1) is 7.11 Å². The zero-order chi connectivity index (χ0) is 18.7. The summed E-state index contributed by atoms with van der Waals surface area (Å²) < 4.78 is 5.09. The van der Waals surface area contributed by atoms with E-state index in [2.05, 4.69) is 35.5 Å². The van der Waals surface area contributed by atoms with E-state index in [4.69, 9.17) is 4.74 Å². The van der Waals surface area contributed by atoms with Gasteiger partial charge in [-0.25, -0.2) is 4.79 Å². The van der Waals surface area contributed by atoms with Crippen molar-refractivity contribution in [2.24, 2.45) is 0 Å². The van der Waals surface area contributed by atoms with Crippen LogP contribution in [0.2, 0.25) is 0 Å². The van der Waals surface area contributed by atoms with Crippen LogP contribution in [0.1, 0.15) is 22.3 Å². The van der Waals surface area contributed by atoms with Crippen molar-refractivity contribution in [2.45, 2.75) is 26.2 Å². The van der Waals surface area contributed by atoms with Crippen LogP contribution in [0.3, 0.4) is 0 Å². The number of phenolic OH excluding ortho intramolecular Hbond substituents is 1. The Labute approximate surface area is 154 Å². The summed E-state index contributed by atoms with van der Waals surface area (Å²) in [5, 5.41) is 12.5. The van der Waals surface area contributed by atoms with Crippen molar-refractivity contribution in [3.8, 4) is 11.5 Å². The van der Waals surface area contributed by atoms with Crippen LogP contribution >= 0.6 is 0 Å². The Morgan fingerprint density at radius 3 is 2.69 bits per heavy atom. The van der Waals surface area contributed by atoms with Crippen molar-refractivity contribution >= 4 is 6.03 Å². The van der Waals surface area contributed by atoms with E-state index in [9.17, 15) is 9.90 Å². The van der Waals surface area contributed by atoms with Gasteiger partial charge in [-0.05, 0) is 41.4 Å². The first-order chi connectivity index (χ1) is 12.5. The number of hydrogen-bond acceptors (Lipinski definition) is 4. The molecule has 0 fully saturated rings. The second kappa shape index (κ2) is 7.66. The Morgan fingerprint density at radius 2 is 1.92 bits per heavy atom. The van der Waals surface area contributed by atoms with E-state index >= 15 is 0 Å². The van der Waals surface area contributed by atoms with Gasteiger partial charge in [0.25, 0.3) is 0 Å². The number of hydrogen-bond donors (Lipinski definition) is 2. The highest BCUT2D eigenvalue weighted by molar-refractivity contribution is 5.73. The number of phenols is 1. The molecule has 6 heteroatoms. The van der Waals surface area contributed by atoms with Gasteiger partial charge in [-0.1, -0.05) is 24.3 Å². The first-order valence-corrected chi connectivity index (χ1v) is 8.60. The lowest BCUT2D eigenvalue weighted by Crippen LogP contribution is -2.36. The van der Waals surface area contributed by atoms with Crippen molar-refractivity contribution in [1.82, 2.24) is 15.1 Å². The monoisotopic (exact) mass is 355 g/mol. The van der Waals surface area contributed by atoms with E-state index in [-0.39, 0.29) is 11.8 Å². The fraction of sp³-hybridized carbons (Fsp3) is 0.350. The van der Waals surface area contributed by atoms with Crippen LogP contribution < -0.4 is 10.1 Å². The first kappa shape index (κ1) is 18.1. The number of nitrogens with zero attached hydrogens (tertiary/aromatic N) is 2. The minimum atomic E-state index is -0.144. The van der Waals surface area contributed by atoms with Crippen molar-refractivity contribution in [2.75, 3.05) is 21.2 Å². The number of carbonyl (C=O) groups excluding carboxylic acids is 1. The molecule has 0 unspecified atom stereocenters. The molecule has 0 aromatic heterocycles. The Balaban J connectivity index is 1.56. The Morgan fingerprint density at radius 1 is 1.19 bits per heavy atom. The molecule has 0 radical (unpaired) electrons. The van der Waals surface area contributed by atoms with Gasteiger partial charge in [0.15, 0.2) is 11.5 Å². The van der Waals surface area contributed by atoms with E-state index in [0.717, 1.165) is 24.2 Å². The summed E-state index contributed by atoms with van der Waals surface area (Å²) in [6.45, 7) is 2.88. The van der Waals surface area contributed by atoms with Gasteiger partial charge in [-0.15, -0.1) is 0 Å². The van der Waals surface area contributed by atoms with Crippen molar-refractivity contribution < 1.29 is 14.6 Å². The molecule has 3 rings (SSSR count). The average molecular weight is 355 g/mol. The smallest absolute Gasteiger partial charge is 0.317 e. The van der Waals surface area contributed by atoms with Gasteiger partial charge in [0.1, 0.15) is 0 Å². The van der Waals surface area contributed by atoms with Crippen LogP contribution in [0.5, 0.6) is 11.5 Å². The predicted molar refractivity (Wildman–Crippen MR) is 100.0 cm³/mol. The number of rotatable bonds is 5. The van der Waals surface area contributed by atoms with E-state index in [1.54, 1.807) is 30.1 Å². The highest BCUT2D eigenvalue weighted by Gasteiger charge is 2.16. The number of fused-ring (bicyclic) bond motifs is 1. The van der Waals surface area contributed by atoms with Crippen LogP contribution in [0.4, 0.5) is 4.79 Å². The fourth-order valence-corrected chi connectivity index (χ4v) is 3.21. The average Bonchev–Trinajstić information content (AvgIpc) is 2.99. The molecular formula is C20H25N3O3. The molecule has 26 heavy (non-hydrogen) atoms. The third kappa shape index (κ3) is 4.08. The Hall–Kier alpha value is -2.73.